The molecule has 1 fully saturated rings. The van der Waals surface area contributed by atoms with Crippen molar-refractivity contribution in [2.45, 2.75) is 148 Å². The van der Waals surface area contributed by atoms with Gasteiger partial charge in [-0.25, -0.2) is 42.6 Å². The lowest BCUT2D eigenvalue weighted by Crippen LogP contribution is -2.49. The molecule has 12 heterocycles. The molecule has 38 nitrogen and oxygen atoms in total. The number of alkyl halides is 4. The number of anilines is 1. The van der Waals surface area contributed by atoms with Crippen LogP contribution in [0.2, 0.25) is 5.02 Å². The number of allylic oxidation sites excluding steroid dienone is 1. The average Bonchev–Trinajstić information content (AvgIpc) is 1.69. The van der Waals surface area contributed by atoms with Crippen LogP contribution in [0.3, 0.4) is 0 Å². The highest BCUT2D eigenvalue weighted by Gasteiger charge is 2.46. The molecule has 728 valence electrons. The van der Waals surface area contributed by atoms with Crippen molar-refractivity contribution in [3.05, 3.63) is 211 Å². The molecule has 135 heavy (non-hydrogen) atoms. The summed E-state index contributed by atoms with van der Waals surface area (Å²) in [4.78, 5) is 159. The first-order valence-electron chi connectivity index (χ1n) is 42.8. The number of aromatic carboxylic acids is 2. The van der Waals surface area contributed by atoms with Gasteiger partial charge < -0.3 is 96.1 Å². The SMILES string of the molecule is CC(C)(C)OC(=O)N1CCn2cc(C=O)cc2C1.COC(=O)N1CCn2cc(C(=O)NS3(=O)=NC(=O)c4ccc5c(c4)N(C[C@@H]4CC[C@H]4[C@@H](OC)/C=C/C[C@H](C)C3)C[C@@]3(CCCc4cc(Cl)ccc43)CO5)cc2C1.COC(=O)N1CCn2cc(C(=O)O)cc2C1.COC(=O)c1c[nH]c(C=O)c1.COC(=O)c1cc(C=O)n(CCBr)c1.O=C(O)c1cc2n(c1)CCNC2.O=C(OO)C(F)(F)F. The lowest BCUT2D eigenvalue weighted by molar-refractivity contribution is -0.272. The molecule has 1 unspecified atom stereocenters. The number of rotatable bonds is 12. The minimum atomic E-state index is -5.10. The molecule has 2 bridgehead atoms. The highest BCUT2D eigenvalue weighted by Crippen LogP contribution is 2.48. The van der Waals surface area contributed by atoms with Crippen LogP contribution in [-0.4, -0.2) is 251 Å². The molecule has 0 saturated heterocycles. The number of nitrogens with zero attached hydrogens (tertiary/aromatic N) is 10. The molecule has 6 aliphatic heterocycles. The summed E-state index contributed by atoms with van der Waals surface area (Å²) in [5, 5.41) is 29.3. The van der Waals surface area contributed by atoms with E-state index in [1.54, 1.807) is 75.4 Å². The Hall–Kier alpha value is -12.8. The van der Waals surface area contributed by atoms with Gasteiger partial charge in [0.2, 0.25) is 0 Å². The third-order valence-corrected chi connectivity index (χ3v) is 25.8. The van der Waals surface area contributed by atoms with Crippen molar-refractivity contribution in [1.29, 1.82) is 0 Å². The molecular weight excluding hydrogens is 1880 g/mol. The second-order valence-electron chi connectivity index (χ2n) is 33.7. The van der Waals surface area contributed by atoms with Crippen LogP contribution in [0.15, 0.2) is 126 Å². The number of hydrogen-bond acceptors (Lipinski definition) is 25. The van der Waals surface area contributed by atoms with Gasteiger partial charge in [0.25, 0.3) is 11.8 Å². The van der Waals surface area contributed by atoms with Crippen LogP contribution in [0.5, 0.6) is 5.75 Å². The quantitative estimate of drug-likeness (QED) is 0.0126. The number of halogens is 5. The molecule has 8 aromatic rings. The monoisotopic (exact) mass is 1990 g/mol. The summed E-state index contributed by atoms with van der Waals surface area (Å²) in [6.07, 6.45) is 15.5. The van der Waals surface area contributed by atoms with Crippen LogP contribution in [0.1, 0.15) is 187 Å². The third-order valence-electron chi connectivity index (χ3n) is 23.2. The lowest BCUT2D eigenvalue weighted by Gasteiger charge is -2.46. The molecule has 16 rings (SSSR count). The summed E-state index contributed by atoms with van der Waals surface area (Å²) in [6.45, 7) is 17.1. The number of nitrogens with one attached hydrogen (secondary N) is 3. The number of methoxy groups -OCH3 is 5. The number of aryl methyl sites for hydroxylation is 2. The molecule has 0 radical (unpaired) electrons. The Kier molecular flexibility index (Phi) is 36.2. The van der Waals surface area contributed by atoms with E-state index in [0.29, 0.717) is 136 Å². The maximum absolute atomic E-state index is 14.8. The zero-order valence-corrected chi connectivity index (χ0v) is 78.8. The molecule has 1 saturated carbocycles. The largest absolute Gasteiger partial charge is 0.494 e. The first-order valence-corrected chi connectivity index (χ1v) is 46.0. The first-order chi connectivity index (χ1) is 64.2. The fourth-order valence-corrected chi connectivity index (χ4v) is 19.0. The number of aldehydes is 3. The second-order valence-corrected chi connectivity index (χ2v) is 36.9. The van der Waals surface area contributed by atoms with E-state index >= 15 is 0 Å². The number of carbonyl (C=O) groups excluding carboxylic acids is 11. The lowest BCUT2D eigenvalue weighted by atomic mass is 9.68. The van der Waals surface area contributed by atoms with Crippen molar-refractivity contribution >= 4 is 122 Å². The normalized spacial score (nSPS) is 19.7. The van der Waals surface area contributed by atoms with E-state index < -0.39 is 69.4 Å². The highest BCUT2D eigenvalue weighted by molar-refractivity contribution is 9.09. The van der Waals surface area contributed by atoms with Gasteiger partial charge in [0, 0.05) is 172 Å². The van der Waals surface area contributed by atoms with E-state index in [0.717, 1.165) is 110 Å². The van der Waals surface area contributed by atoms with Crippen molar-refractivity contribution in [2.75, 3.05) is 97.4 Å². The number of amides is 5. The Morgan fingerprint density at radius 2 is 1.30 bits per heavy atom. The number of benzene rings is 2. The van der Waals surface area contributed by atoms with Gasteiger partial charge in [0.1, 0.15) is 21.3 Å². The molecule has 2 aromatic carbocycles. The third kappa shape index (κ3) is 27.5. The van der Waals surface area contributed by atoms with Crippen molar-refractivity contribution in [2.24, 2.45) is 22.1 Å². The zero-order valence-electron chi connectivity index (χ0n) is 75.7. The first kappa shape index (κ1) is 104. The Bertz CT molecular complexity index is 5800. The predicted octanol–water partition coefficient (Wildman–Crippen LogP) is 12.6. The molecular formula is C91H108BrClF3N13O25S. The van der Waals surface area contributed by atoms with Gasteiger partial charge in [-0.1, -0.05) is 52.7 Å². The maximum atomic E-state index is 14.8. The number of fused-ring (bicyclic) bond motifs is 8. The van der Waals surface area contributed by atoms with Crippen LogP contribution >= 0.6 is 27.5 Å². The van der Waals surface area contributed by atoms with Crippen LogP contribution in [-0.2, 0) is 119 Å². The zero-order chi connectivity index (χ0) is 98.4. The molecule has 6 N–H and O–H groups in total. The van der Waals surface area contributed by atoms with Gasteiger partial charge >= 0.3 is 54.3 Å². The topological polar surface area (TPSA) is 463 Å². The van der Waals surface area contributed by atoms with Gasteiger partial charge in [-0.3, -0.25) is 33.6 Å². The van der Waals surface area contributed by atoms with E-state index in [1.807, 2.05) is 76.4 Å². The number of aromatic nitrogens is 6. The van der Waals surface area contributed by atoms with E-state index in [9.17, 15) is 79.7 Å². The number of ether oxygens (including phenoxy) is 7. The summed E-state index contributed by atoms with van der Waals surface area (Å²) in [5.41, 5.74) is 9.55. The number of carboxylic acid groups (broad SMARTS) is 2. The van der Waals surface area contributed by atoms with Crippen LogP contribution < -0.4 is 19.7 Å². The number of hydrogen-bond donors (Lipinski definition) is 6. The van der Waals surface area contributed by atoms with Crippen LogP contribution in [0.25, 0.3) is 0 Å². The second kappa shape index (κ2) is 46.9. The van der Waals surface area contributed by atoms with Gasteiger partial charge in [-0.2, -0.15) is 18.4 Å². The van der Waals surface area contributed by atoms with Crippen molar-refractivity contribution < 1.29 is 133 Å². The smallest absolute Gasteiger partial charge is 0.490 e. The number of aromatic amines is 1. The van der Waals surface area contributed by atoms with Gasteiger partial charge in [-0.05, 0) is 155 Å². The molecule has 5 amide bonds. The van der Waals surface area contributed by atoms with Crippen LogP contribution in [0.4, 0.5) is 33.2 Å². The molecule has 6 atom stereocenters. The molecule has 2 aliphatic carbocycles. The minimum absolute atomic E-state index is 0.0334. The summed E-state index contributed by atoms with van der Waals surface area (Å²) < 4.78 is 100. The fraction of sp³-hybridized carbons (Fsp3) is 0.440. The van der Waals surface area contributed by atoms with E-state index in [2.05, 4.69) is 83.6 Å². The molecule has 8 aliphatic rings. The van der Waals surface area contributed by atoms with Gasteiger partial charge in [0.05, 0.1) is 111 Å². The minimum Gasteiger partial charge on any atom is -0.490 e. The van der Waals surface area contributed by atoms with E-state index in [-0.39, 0.29) is 58.6 Å². The number of carboxylic acids is 2. The summed E-state index contributed by atoms with van der Waals surface area (Å²) in [6, 6.07) is 21.2. The number of carbonyl (C=O) groups is 13. The summed E-state index contributed by atoms with van der Waals surface area (Å²) in [5.74, 6) is -5.42. The highest BCUT2D eigenvalue weighted by atomic mass is 79.9. The summed E-state index contributed by atoms with van der Waals surface area (Å²) in [7, 11) is 3.41. The Morgan fingerprint density at radius 3 is 1.84 bits per heavy atom. The van der Waals surface area contributed by atoms with Crippen molar-refractivity contribution in [3.8, 4) is 5.75 Å². The van der Waals surface area contributed by atoms with Crippen LogP contribution in [0, 0.1) is 17.8 Å². The van der Waals surface area contributed by atoms with Crippen molar-refractivity contribution in [1.82, 2.24) is 52.6 Å². The Labute approximate surface area is 788 Å². The predicted molar refractivity (Wildman–Crippen MR) is 486 cm³/mol. The Morgan fingerprint density at radius 1 is 0.696 bits per heavy atom. The number of esters is 2. The van der Waals surface area contributed by atoms with Gasteiger partial charge in [0.15, 0.2) is 18.9 Å². The average molecular weight is 1990 g/mol. The summed E-state index contributed by atoms with van der Waals surface area (Å²) >= 11 is 9.73. The molecule has 44 heteroatoms. The van der Waals surface area contributed by atoms with E-state index in [1.165, 1.54) is 57.9 Å². The number of H-pyrrole nitrogens is 1. The molecule has 1 spiro atoms. The van der Waals surface area contributed by atoms with E-state index in [4.69, 9.17) is 46.0 Å². The maximum Gasteiger partial charge on any atom is 0.494 e. The van der Waals surface area contributed by atoms with Crippen molar-refractivity contribution in [3.63, 3.8) is 0 Å². The molecule has 6 aromatic heterocycles. The Balaban J connectivity index is 0.000000192. The fourth-order valence-electron chi connectivity index (χ4n) is 16.5. The standard InChI is InChI=1S/C42H50ClN5O7S.C13H18N2O3.C10H12N2O4.C9H10BrNO3.C8H10N2O2.C7H7NO3.C2HF3O3/c1-27-6-4-8-37(53-2)34-12-9-30(34)21-48-25-42(15-5-7-28-18-32(43)11-13-35(28)42)26-55-38-14-10-29(20-36(38)48)39(49)44-56(52,24-27)45-40(50)31-19-33-23-47(41(51)54-3)17-16-46(33)22-31;1-13(2,3)18-12(17)15-5-4-14-7-10(9-16)6-11(14)8-15;1-16-10(15)12-3-2-11-5-7(9(13)14)4-8(11)6-12;1-14-9(13)7-4-8(6-12)11(5-7)3-2-10;11-8(12)6-3-7-4-9-1-2-10(7)5-6;1-11-7(10)5-2-6(4-9)8-3-5;3-2(4,5)1(6)8-7/h4,8,10-11,13-14,18-20,22,27,30,34,37H,5-7,9,12,15-17,21,23-26H2,1-3H3,(H,44,45,49,50,52);6-7,9H,4-5,8H2,1-3H3;4-5H,2-3,6H2,1H3,(H,13,14);4-6H,2-3H2,1H3;3,5,9H,1-2,4H2,(H,11,12);2-4,8H,1H3;7H/b8-4+;;;;;;/t27-,30-,34+,37-,42-,56?;;;;;;/m0....../s1. The van der Waals surface area contributed by atoms with Gasteiger partial charge in [-0.15, -0.1) is 4.36 Å².